The third-order valence-electron chi connectivity index (χ3n) is 3.47. The predicted molar refractivity (Wildman–Crippen MR) is 94.6 cm³/mol. The first-order chi connectivity index (χ1) is 11.8. The average molecular weight is 389 g/mol. The number of benzene rings is 2. The highest BCUT2D eigenvalue weighted by Gasteiger charge is 2.27. The topological polar surface area (TPSA) is 64.4 Å². The van der Waals surface area contributed by atoms with Crippen LogP contribution < -0.4 is 11.1 Å². The number of carbonyl (C=O) groups excluding carboxylic acids is 1. The summed E-state index contributed by atoms with van der Waals surface area (Å²) in [7, 11) is 0. The third kappa shape index (κ3) is 7.43. The van der Waals surface area contributed by atoms with E-state index in [-0.39, 0.29) is 31.5 Å². The van der Waals surface area contributed by atoms with E-state index in [1.807, 2.05) is 18.2 Å². The molecule has 2 aromatic rings. The second-order valence-electron chi connectivity index (χ2n) is 5.53. The van der Waals surface area contributed by atoms with Crippen LogP contribution in [0.3, 0.4) is 0 Å². The quantitative estimate of drug-likeness (QED) is 0.763. The molecule has 0 bridgehead atoms. The summed E-state index contributed by atoms with van der Waals surface area (Å²) in [5.74, 6) is -0.302. The van der Waals surface area contributed by atoms with E-state index < -0.39 is 18.8 Å². The molecule has 142 valence electrons. The number of alkyl halides is 3. The molecule has 1 atom stereocenters. The molecule has 0 radical (unpaired) electrons. The molecule has 0 heterocycles. The molecule has 0 saturated carbocycles. The molecule has 0 fully saturated rings. The van der Waals surface area contributed by atoms with E-state index >= 15 is 0 Å². The minimum Gasteiger partial charge on any atom is -0.367 e. The van der Waals surface area contributed by atoms with E-state index in [0.29, 0.717) is 5.56 Å². The van der Waals surface area contributed by atoms with E-state index in [4.69, 9.17) is 5.73 Å². The molecule has 0 aliphatic carbocycles. The van der Waals surface area contributed by atoms with Gasteiger partial charge in [-0.1, -0.05) is 54.6 Å². The summed E-state index contributed by atoms with van der Waals surface area (Å²) in [6, 6.07) is 15.0. The predicted octanol–water partition coefficient (Wildman–Crippen LogP) is 3.50. The number of hydrogen-bond acceptors (Lipinski definition) is 3. The van der Waals surface area contributed by atoms with Crippen molar-refractivity contribution in [2.75, 3.05) is 6.61 Å². The zero-order valence-corrected chi connectivity index (χ0v) is 14.6. The summed E-state index contributed by atoms with van der Waals surface area (Å²) in [6.07, 6.45) is -4.33. The highest BCUT2D eigenvalue weighted by atomic mass is 35.5. The van der Waals surface area contributed by atoms with Gasteiger partial charge in [0, 0.05) is 6.54 Å². The molecule has 4 nitrogen and oxygen atoms in total. The average Bonchev–Trinajstić information content (AvgIpc) is 2.60. The van der Waals surface area contributed by atoms with Crippen LogP contribution in [0, 0.1) is 0 Å². The van der Waals surface area contributed by atoms with Crippen molar-refractivity contribution in [3.8, 4) is 0 Å². The van der Waals surface area contributed by atoms with Crippen LogP contribution in [0.2, 0.25) is 0 Å². The maximum absolute atomic E-state index is 12.1. The first-order valence-corrected chi connectivity index (χ1v) is 7.66. The lowest BCUT2D eigenvalue weighted by molar-refractivity contribution is -0.176. The van der Waals surface area contributed by atoms with Gasteiger partial charge in [-0.15, -0.1) is 12.4 Å². The van der Waals surface area contributed by atoms with Crippen molar-refractivity contribution in [3.63, 3.8) is 0 Å². The van der Waals surface area contributed by atoms with E-state index in [1.165, 1.54) is 0 Å². The highest BCUT2D eigenvalue weighted by Crippen LogP contribution is 2.16. The number of nitrogens with two attached hydrogens (primary N) is 1. The van der Waals surface area contributed by atoms with Gasteiger partial charge in [0.25, 0.3) is 0 Å². The summed E-state index contributed by atoms with van der Waals surface area (Å²) in [4.78, 5) is 12.1. The van der Waals surface area contributed by atoms with Crippen molar-refractivity contribution in [1.29, 1.82) is 0 Å². The fourth-order valence-electron chi connectivity index (χ4n) is 2.15. The van der Waals surface area contributed by atoms with Gasteiger partial charge in [-0.2, -0.15) is 13.2 Å². The molecule has 0 aromatic heterocycles. The van der Waals surface area contributed by atoms with Gasteiger partial charge in [0.2, 0.25) is 5.91 Å². The number of ether oxygens (including phenoxy) is 1. The van der Waals surface area contributed by atoms with Crippen molar-refractivity contribution < 1.29 is 22.7 Å². The molecule has 0 aliphatic rings. The molecular weight excluding hydrogens is 369 g/mol. The Labute approximate surface area is 155 Å². The largest absolute Gasteiger partial charge is 0.411 e. The number of carbonyl (C=O) groups is 1. The Hall–Kier alpha value is -2.09. The SMILES string of the molecule is Cl.NC(C(=O)NCc1ccc(COCC(F)(F)F)cc1)c1ccccc1. The summed E-state index contributed by atoms with van der Waals surface area (Å²) < 4.78 is 40.6. The lowest BCUT2D eigenvalue weighted by Crippen LogP contribution is -2.33. The molecule has 1 amide bonds. The van der Waals surface area contributed by atoms with Gasteiger partial charge in [-0.25, -0.2) is 0 Å². The normalized spacial score (nSPS) is 12.2. The summed E-state index contributed by atoms with van der Waals surface area (Å²) >= 11 is 0. The van der Waals surface area contributed by atoms with Crippen LogP contribution in [-0.4, -0.2) is 18.7 Å². The number of halogens is 4. The van der Waals surface area contributed by atoms with Crippen molar-refractivity contribution in [3.05, 3.63) is 71.3 Å². The van der Waals surface area contributed by atoms with Gasteiger partial charge in [0.15, 0.2) is 0 Å². The fourth-order valence-corrected chi connectivity index (χ4v) is 2.15. The van der Waals surface area contributed by atoms with Crippen LogP contribution in [0.1, 0.15) is 22.7 Å². The van der Waals surface area contributed by atoms with Gasteiger partial charge < -0.3 is 15.8 Å². The molecule has 0 aliphatic heterocycles. The smallest absolute Gasteiger partial charge is 0.367 e. The van der Waals surface area contributed by atoms with Crippen molar-refractivity contribution in [2.45, 2.75) is 25.4 Å². The van der Waals surface area contributed by atoms with E-state index in [9.17, 15) is 18.0 Å². The molecule has 3 N–H and O–H groups in total. The Bertz CT molecular complexity index is 679. The zero-order chi connectivity index (χ0) is 18.3. The first-order valence-electron chi connectivity index (χ1n) is 7.66. The van der Waals surface area contributed by atoms with E-state index in [1.54, 1.807) is 36.4 Å². The summed E-state index contributed by atoms with van der Waals surface area (Å²) in [5, 5.41) is 2.74. The van der Waals surface area contributed by atoms with Crippen LogP contribution >= 0.6 is 12.4 Å². The Kier molecular flexibility index (Phi) is 8.57. The molecule has 26 heavy (non-hydrogen) atoms. The molecule has 2 aromatic carbocycles. The molecule has 2 rings (SSSR count). The monoisotopic (exact) mass is 388 g/mol. The highest BCUT2D eigenvalue weighted by molar-refractivity contribution is 5.85. The van der Waals surface area contributed by atoms with Crippen molar-refractivity contribution in [1.82, 2.24) is 5.32 Å². The van der Waals surface area contributed by atoms with Gasteiger partial charge >= 0.3 is 6.18 Å². The van der Waals surface area contributed by atoms with Crippen LogP contribution in [0.25, 0.3) is 0 Å². The fraction of sp³-hybridized carbons (Fsp3) is 0.278. The van der Waals surface area contributed by atoms with Crippen molar-refractivity contribution in [2.24, 2.45) is 5.73 Å². The minimum absolute atomic E-state index is 0. The van der Waals surface area contributed by atoms with Crippen LogP contribution in [0.4, 0.5) is 13.2 Å². The maximum atomic E-state index is 12.1. The standard InChI is InChI=1S/C18H19F3N2O2.ClH/c19-18(20,21)12-25-11-14-8-6-13(7-9-14)10-23-17(24)16(22)15-4-2-1-3-5-15;/h1-9,16H,10-12,22H2,(H,23,24);1H. The molecule has 8 heteroatoms. The summed E-state index contributed by atoms with van der Waals surface area (Å²) in [5.41, 5.74) is 8.05. The lowest BCUT2D eigenvalue weighted by atomic mass is 10.1. The van der Waals surface area contributed by atoms with E-state index in [2.05, 4.69) is 10.1 Å². The molecule has 0 spiro atoms. The third-order valence-corrected chi connectivity index (χ3v) is 3.47. The van der Waals surface area contributed by atoms with Gasteiger partial charge in [0.05, 0.1) is 6.61 Å². The first kappa shape index (κ1) is 22.0. The number of hydrogen-bond donors (Lipinski definition) is 2. The van der Waals surface area contributed by atoms with Crippen LogP contribution in [-0.2, 0) is 22.7 Å². The molecule has 0 saturated heterocycles. The number of nitrogens with one attached hydrogen (secondary N) is 1. The maximum Gasteiger partial charge on any atom is 0.411 e. The van der Waals surface area contributed by atoms with Crippen LogP contribution in [0.15, 0.2) is 54.6 Å². The van der Waals surface area contributed by atoms with E-state index in [0.717, 1.165) is 11.1 Å². The summed E-state index contributed by atoms with van der Waals surface area (Å²) in [6.45, 7) is -1.11. The van der Waals surface area contributed by atoms with Gasteiger partial charge in [-0.05, 0) is 16.7 Å². The van der Waals surface area contributed by atoms with Gasteiger partial charge in [-0.3, -0.25) is 4.79 Å². The Balaban J connectivity index is 0.00000338. The second kappa shape index (κ2) is 10.2. The second-order valence-corrected chi connectivity index (χ2v) is 5.53. The minimum atomic E-state index is -4.33. The van der Waals surface area contributed by atoms with Crippen LogP contribution in [0.5, 0.6) is 0 Å². The Morgan fingerprint density at radius 1 is 1.04 bits per heavy atom. The Morgan fingerprint density at radius 2 is 1.62 bits per heavy atom. The van der Waals surface area contributed by atoms with Crippen molar-refractivity contribution >= 4 is 18.3 Å². The number of amides is 1. The number of rotatable bonds is 7. The zero-order valence-electron chi connectivity index (χ0n) is 13.8. The lowest BCUT2D eigenvalue weighted by Gasteiger charge is -2.13. The molecule has 1 unspecified atom stereocenters. The molecular formula is C18H20ClF3N2O2. The van der Waals surface area contributed by atoms with Gasteiger partial charge in [0.1, 0.15) is 12.6 Å². The Morgan fingerprint density at radius 3 is 2.19 bits per heavy atom.